The summed E-state index contributed by atoms with van der Waals surface area (Å²) in [7, 11) is 0. The number of nitrogens with zero attached hydrogens (tertiary/aromatic N) is 2. The average Bonchev–Trinajstić information content (AvgIpc) is 2.42. The Bertz CT molecular complexity index is 364. The van der Waals surface area contributed by atoms with E-state index in [1.54, 1.807) is 6.20 Å². The summed E-state index contributed by atoms with van der Waals surface area (Å²) in [4.78, 5) is 6.64. The molecule has 1 aliphatic rings. The van der Waals surface area contributed by atoms with Gasteiger partial charge >= 0.3 is 0 Å². The van der Waals surface area contributed by atoms with Crippen LogP contribution in [0.3, 0.4) is 0 Å². The maximum Gasteiger partial charge on any atom is 0.0637 e. The zero-order valence-electron chi connectivity index (χ0n) is 11.0. The second-order valence-electron chi connectivity index (χ2n) is 4.84. The Morgan fingerprint density at radius 3 is 2.89 bits per heavy atom. The Hall–Kier alpha value is -0.640. The highest BCUT2D eigenvalue weighted by atomic mass is 35.5. The van der Waals surface area contributed by atoms with Crippen molar-refractivity contribution in [1.82, 2.24) is 15.2 Å². The van der Waals surface area contributed by atoms with Crippen LogP contribution in [0.5, 0.6) is 0 Å². The van der Waals surface area contributed by atoms with Crippen molar-refractivity contribution in [3.05, 3.63) is 29.0 Å². The second-order valence-corrected chi connectivity index (χ2v) is 5.25. The molecule has 1 saturated heterocycles. The lowest BCUT2D eigenvalue weighted by molar-refractivity contribution is 0.163. The normalized spacial score (nSPS) is 18.8. The van der Waals surface area contributed by atoms with Crippen LogP contribution in [0.15, 0.2) is 18.5 Å². The molecule has 1 fully saturated rings. The Morgan fingerprint density at radius 2 is 2.22 bits per heavy atom. The number of pyridine rings is 1. The summed E-state index contributed by atoms with van der Waals surface area (Å²) in [6, 6.07) is 2.52. The molecular weight excluding hydrogens is 246 g/mol. The molecule has 0 saturated carbocycles. The third-order valence-corrected chi connectivity index (χ3v) is 3.90. The van der Waals surface area contributed by atoms with Gasteiger partial charge in [-0.25, -0.2) is 0 Å². The van der Waals surface area contributed by atoms with Crippen LogP contribution in [0.4, 0.5) is 0 Å². The van der Waals surface area contributed by atoms with Crippen molar-refractivity contribution < 1.29 is 0 Å². The molecular formula is C14H22ClN3. The van der Waals surface area contributed by atoms with Gasteiger partial charge < -0.3 is 5.32 Å². The highest BCUT2D eigenvalue weighted by Gasteiger charge is 2.23. The molecule has 0 spiro atoms. The van der Waals surface area contributed by atoms with Gasteiger partial charge in [0.2, 0.25) is 0 Å². The third-order valence-electron chi connectivity index (χ3n) is 3.59. The number of aromatic nitrogens is 1. The minimum Gasteiger partial charge on any atom is -0.314 e. The number of unbranched alkanes of at least 4 members (excludes halogenated alkanes) is 1. The minimum absolute atomic E-state index is 0.447. The van der Waals surface area contributed by atoms with Gasteiger partial charge in [0.25, 0.3) is 0 Å². The van der Waals surface area contributed by atoms with Crippen LogP contribution in [0.25, 0.3) is 0 Å². The summed E-state index contributed by atoms with van der Waals surface area (Å²) >= 11 is 6.31. The molecule has 0 radical (unpaired) electrons. The zero-order valence-corrected chi connectivity index (χ0v) is 11.8. The van der Waals surface area contributed by atoms with E-state index in [2.05, 4.69) is 28.2 Å². The van der Waals surface area contributed by atoms with Gasteiger partial charge in [-0.15, -0.1) is 0 Å². The summed E-state index contributed by atoms with van der Waals surface area (Å²) in [6.07, 6.45) is 7.26. The predicted molar refractivity (Wildman–Crippen MR) is 76.0 cm³/mol. The van der Waals surface area contributed by atoms with Crippen molar-refractivity contribution in [3.63, 3.8) is 0 Å². The first-order valence-electron chi connectivity index (χ1n) is 6.87. The van der Waals surface area contributed by atoms with E-state index in [-0.39, 0.29) is 0 Å². The van der Waals surface area contributed by atoms with E-state index in [1.165, 1.54) is 24.8 Å². The zero-order chi connectivity index (χ0) is 12.8. The van der Waals surface area contributed by atoms with Gasteiger partial charge in [-0.2, -0.15) is 0 Å². The first-order valence-corrected chi connectivity index (χ1v) is 7.25. The number of nitrogens with one attached hydrogen (secondary N) is 1. The molecule has 1 atom stereocenters. The topological polar surface area (TPSA) is 28.2 Å². The van der Waals surface area contributed by atoms with Crippen LogP contribution in [0, 0.1) is 0 Å². The van der Waals surface area contributed by atoms with Crippen LogP contribution in [-0.4, -0.2) is 36.1 Å². The molecule has 1 aromatic heterocycles. The molecule has 1 aliphatic heterocycles. The van der Waals surface area contributed by atoms with Gasteiger partial charge in [-0.1, -0.05) is 31.4 Å². The summed E-state index contributed by atoms with van der Waals surface area (Å²) in [5.74, 6) is 0. The maximum atomic E-state index is 6.31. The molecule has 0 aliphatic carbocycles. The molecule has 0 bridgehead atoms. The second kappa shape index (κ2) is 7.07. The fourth-order valence-corrected chi connectivity index (χ4v) is 2.83. The molecule has 0 amide bonds. The maximum absolute atomic E-state index is 6.31. The fraction of sp³-hybridized carbons (Fsp3) is 0.643. The SMILES string of the molecule is CCCC[C@H](c1ccncc1Cl)N1CCNCC1. The Morgan fingerprint density at radius 1 is 1.44 bits per heavy atom. The van der Waals surface area contributed by atoms with Crippen molar-refractivity contribution in [2.45, 2.75) is 32.2 Å². The van der Waals surface area contributed by atoms with Crippen LogP contribution >= 0.6 is 11.6 Å². The molecule has 0 aromatic carbocycles. The van der Waals surface area contributed by atoms with Crippen molar-refractivity contribution in [1.29, 1.82) is 0 Å². The lowest BCUT2D eigenvalue weighted by Crippen LogP contribution is -2.45. The Balaban J connectivity index is 2.15. The van der Waals surface area contributed by atoms with Crippen molar-refractivity contribution in [2.24, 2.45) is 0 Å². The Labute approximate surface area is 115 Å². The number of hydrogen-bond acceptors (Lipinski definition) is 3. The molecule has 2 heterocycles. The van der Waals surface area contributed by atoms with Crippen molar-refractivity contribution in [2.75, 3.05) is 26.2 Å². The summed E-state index contributed by atoms with van der Waals surface area (Å²) in [5, 5.41) is 4.21. The van der Waals surface area contributed by atoms with E-state index in [1.807, 2.05) is 6.20 Å². The van der Waals surface area contributed by atoms with E-state index in [0.717, 1.165) is 31.2 Å². The van der Waals surface area contributed by atoms with E-state index in [0.29, 0.717) is 6.04 Å². The van der Waals surface area contributed by atoms with Gasteiger partial charge in [0.15, 0.2) is 0 Å². The first-order chi connectivity index (χ1) is 8.83. The van der Waals surface area contributed by atoms with Gasteiger partial charge in [-0.3, -0.25) is 9.88 Å². The highest BCUT2D eigenvalue weighted by molar-refractivity contribution is 6.31. The summed E-state index contributed by atoms with van der Waals surface area (Å²) in [5.41, 5.74) is 1.24. The van der Waals surface area contributed by atoms with Crippen LogP contribution < -0.4 is 5.32 Å². The van der Waals surface area contributed by atoms with E-state index in [4.69, 9.17) is 11.6 Å². The van der Waals surface area contributed by atoms with Crippen molar-refractivity contribution in [3.8, 4) is 0 Å². The van der Waals surface area contributed by atoms with E-state index < -0.39 is 0 Å². The van der Waals surface area contributed by atoms with Gasteiger partial charge in [-0.05, 0) is 18.1 Å². The third kappa shape index (κ3) is 3.44. The molecule has 18 heavy (non-hydrogen) atoms. The van der Waals surface area contributed by atoms with E-state index in [9.17, 15) is 0 Å². The molecule has 100 valence electrons. The van der Waals surface area contributed by atoms with E-state index >= 15 is 0 Å². The molecule has 1 N–H and O–H groups in total. The van der Waals surface area contributed by atoms with Crippen LogP contribution in [0.2, 0.25) is 5.02 Å². The monoisotopic (exact) mass is 267 g/mol. The summed E-state index contributed by atoms with van der Waals surface area (Å²) < 4.78 is 0. The molecule has 1 aromatic rings. The number of piperazine rings is 1. The minimum atomic E-state index is 0.447. The average molecular weight is 268 g/mol. The number of hydrogen-bond donors (Lipinski definition) is 1. The predicted octanol–water partition coefficient (Wildman–Crippen LogP) is 2.87. The quantitative estimate of drug-likeness (QED) is 0.889. The molecule has 4 heteroatoms. The largest absolute Gasteiger partial charge is 0.314 e. The van der Waals surface area contributed by atoms with Crippen LogP contribution in [-0.2, 0) is 0 Å². The molecule has 0 unspecified atom stereocenters. The smallest absolute Gasteiger partial charge is 0.0637 e. The summed E-state index contributed by atoms with van der Waals surface area (Å²) in [6.45, 7) is 6.60. The van der Waals surface area contributed by atoms with Gasteiger partial charge in [0.05, 0.1) is 5.02 Å². The number of rotatable bonds is 5. The van der Waals surface area contributed by atoms with Crippen LogP contribution in [0.1, 0.15) is 37.8 Å². The van der Waals surface area contributed by atoms with Gasteiger partial charge in [0, 0.05) is 44.6 Å². The Kier molecular flexibility index (Phi) is 5.42. The first kappa shape index (κ1) is 13.8. The lowest BCUT2D eigenvalue weighted by atomic mass is 9.99. The van der Waals surface area contributed by atoms with Gasteiger partial charge in [0.1, 0.15) is 0 Å². The molecule has 2 rings (SSSR count). The van der Waals surface area contributed by atoms with Crippen molar-refractivity contribution >= 4 is 11.6 Å². The lowest BCUT2D eigenvalue weighted by Gasteiger charge is -2.35. The standard InChI is InChI=1S/C14H22ClN3/c1-2-3-4-14(18-9-7-16-8-10-18)12-5-6-17-11-13(12)15/h5-6,11,14,16H,2-4,7-10H2,1H3/t14-/m1/s1. The molecule has 3 nitrogen and oxygen atoms in total. The fourth-order valence-electron chi connectivity index (χ4n) is 2.58. The highest BCUT2D eigenvalue weighted by Crippen LogP contribution is 2.31. The number of halogens is 1.